The maximum atomic E-state index is 6.24. The molecule has 0 fully saturated rings. The van der Waals surface area contributed by atoms with E-state index in [-0.39, 0.29) is 0 Å². The van der Waals surface area contributed by atoms with Gasteiger partial charge in [-0.1, -0.05) is 41.9 Å². The normalized spacial score (nSPS) is 11.6. The van der Waals surface area contributed by atoms with Crippen molar-refractivity contribution in [3.05, 3.63) is 77.4 Å². The zero-order valence-electron chi connectivity index (χ0n) is 13.6. The van der Waals surface area contributed by atoms with Gasteiger partial charge >= 0.3 is 0 Å². The molecule has 3 nitrogen and oxygen atoms in total. The van der Waals surface area contributed by atoms with Crippen LogP contribution in [0, 0.1) is 6.92 Å². The summed E-state index contributed by atoms with van der Waals surface area (Å²) in [6, 6.07) is 20.1. The second-order valence-electron chi connectivity index (χ2n) is 6.17. The minimum atomic E-state index is 0.691. The third kappa shape index (κ3) is 2.13. The molecular formula is C21H14ClN3. The molecule has 120 valence electrons. The average molecular weight is 344 g/mol. The van der Waals surface area contributed by atoms with Gasteiger partial charge in [-0.2, -0.15) is 0 Å². The fraction of sp³-hybridized carbons (Fsp3) is 0.0476. The summed E-state index contributed by atoms with van der Waals surface area (Å²) in [5.41, 5.74) is 7.00. The summed E-state index contributed by atoms with van der Waals surface area (Å²) in [6.45, 7) is 2.11. The molecule has 3 aromatic heterocycles. The lowest BCUT2D eigenvalue weighted by molar-refractivity contribution is 1.22. The van der Waals surface area contributed by atoms with E-state index in [1.807, 2.05) is 54.7 Å². The van der Waals surface area contributed by atoms with Crippen molar-refractivity contribution in [1.82, 2.24) is 14.4 Å². The number of rotatable bonds is 1. The largest absolute Gasteiger partial charge is 0.298 e. The smallest absolute Gasteiger partial charge is 0.137 e. The molecule has 0 radical (unpaired) electrons. The van der Waals surface area contributed by atoms with Gasteiger partial charge in [0, 0.05) is 22.2 Å². The Morgan fingerprint density at radius 3 is 2.64 bits per heavy atom. The maximum absolute atomic E-state index is 6.24. The highest BCUT2D eigenvalue weighted by Crippen LogP contribution is 2.35. The van der Waals surface area contributed by atoms with E-state index < -0.39 is 0 Å². The number of nitrogens with zero attached hydrogens (tertiary/aromatic N) is 3. The summed E-state index contributed by atoms with van der Waals surface area (Å²) < 4.78 is 2.10. The van der Waals surface area contributed by atoms with Crippen molar-refractivity contribution in [2.24, 2.45) is 0 Å². The zero-order chi connectivity index (χ0) is 17.0. The van der Waals surface area contributed by atoms with E-state index in [0.717, 1.165) is 38.8 Å². The molecule has 0 unspecified atom stereocenters. The Morgan fingerprint density at radius 1 is 0.920 bits per heavy atom. The van der Waals surface area contributed by atoms with E-state index in [1.54, 1.807) is 0 Å². The molecule has 0 saturated heterocycles. The van der Waals surface area contributed by atoms with Crippen LogP contribution in [-0.4, -0.2) is 14.4 Å². The first kappa shape index (κ1) is 14.4. The number of pyridine rings is 2. The van der Waals surface area contributed by atoms with Gasteiger partial charge in [-0.15, -0.1) is 0 Å². The van der Waals surface area contributed by atoms with Crippen molar-refractivity contribution in [2.75, 3.05) is 0 Å². The molecule has 4 heteroatoms. The molecule has 3 heterocycles. The zero-order valence-corrected chi connectivity index (χ0v) is 14.3. The second kappa shape index (κ2) is 5.30. The molecule has 0 saturated carbocycles. The maximum Gasteiger partial charge on any atom is 0.137 e. The fourth-order valence-corrected chi connectivity index (χ4v) is 3.58. The summed E-state index contributed by atoms with van der Waals surface area (Å²) in [4.78, 5) is 9.84. The SMILES string of the molecule is Cc1ccccc1-c1nc2ccc(Cl)cc2c2nc3ccccn3c12. The van der Waals surface area contributed by atoms with Crippen molar-refractivity contribution >= 4 is 39.2 Å². The van der Waals surface area contributed by atoms with Crippen LogP contribution in [0.15, 0.2) is 66.9 Å². The molecule has 0 aliphatic heterocycles. The predicted octanol–water partition coefficient (Wildman–Crippen LogP) is 5.66. The van der Waals surface area contributed by atoms with E-state index in [0.29, 0.717) is 5.02 Å². The number of halogens is 1. The van der Waals surface area contributed by atoms with E-state index in [9.17, 15) is 0 Å². The molecule has 25 heavy (non-hydrogen) atoms. The molecular weight excluding hydrogens is 330 g/mol. The first-order chi connectivity index (χ1) is 12.2. The quantitative estimate of drug-likeness (QED) is 0.393. The number of imidazole rings is 1. The molecule has 5 aromatic rings. The topological polar surface area (TPSA) is 30.2 Å². The monoisotopic (exact) mass is 343 g/mol. The number of benzene rings is 2. The molecule has 2 aromatic carbocycles. The van der Waals surface area contributed by atoms with Crippen molar-refractivity contribution < 1.29 is 0 Å². The molecule has 0 aliphatic rings. The van der Waals surface area contributed by atoms with Crippen LogP contribution in [0.2, 0.25) is 5.02 Å². The Morgan fingerprint density at radius 2 is 1.76 bits per heavy atom. The van der Waals surface area contributed by atoms with Crippen LogP contribution in [0.5, 0.6) is 0 Å². The standard InChI is InChI=1S/C21H14ClN3/c1-13-6-2-3-7-15(13)19-21-20(24-18-8-4-5-11-25(18)21)16-12-14(22)9-10-17(16)23-19/h2-12H,1H3. The lowest BCUT2D eigenvalue weighted by Crippen LogP contribution is -1.93. The molecule has 5 rings (SSSR count). The highest BCUT2D eigenvalue weighted by molar-refractivity contribution is 6.31. The van der Waals surface area contributed by atoms with Crippen LogP contribution in [0.3, 0.4) is 0 Å². The summed E-state index contributed by atoms with van der Waals surface area (Å²) in [6.07, 6.45) is 2.03. The van der Waals surface area contributed by atoms with Crippen LogP contribution in [0.25, 0.3) is 38.8 Å². The highest BCUT2D eigenvalue weighted by Gasteiger charge is 2.17. The lowest BCUT2D eigenvalue weighted by Gasteiger charge is -2.09. The van der Waals surface area contributed by atoms with Gasteiger partial charge in [0.2, 0.25) is 0 Å². The molecule has 0 spiro atoms. The minimum absolute atomic E-state index is 0.691. The number of aryl methyl sites for hydroxylation is 1. The van der Waals surface area contributed by atoms with Crippen LogP contribution < -0.4 is 0 Å². The van der Waals surface area contributed by atoms with Crippen LogP contribution >= 0.6 is 11.6 Å². The third-order valence-corrected chi connectivity index (χ3v) is 4.84. The van der Waals surface area contributed by atoms with Gasteiger partial charge in [-0.3, -0.25) is 4.40 Å². The van der Waals surface area contributed by atoms with Gasteiger partial charge in [0.25, 0.3) is 0 Å². The summed E-state index contributed by atoms with van der Waals surface area (Å²) >= 11 is 6.24. The van der Waals surface area contributed by atoms with Crippen molar-refractivity contribution in [1.29, 1.82) is 0 Å². The first-order valence-electron chi connectivity index (χ1n) is 8.14. The van der Waals surface area contributed by atoms with Gasteiger partial charge in [-0.05, 0) is 42.8 Å². The third-order valence-electron chi connectivity index (χ3n) is 4.60. The van der Waals surface area contributed by atoms with Crippen molar-refractivity contribution in [2.45, 2.75) is 6.92 Å². The van der Waals surface area contributed by atoms with Gasteiger partial charge in [0.1, 0.15) is 11.2 Å². The Hall–Kier alpha value is -2.91. The van der Waals surface area contributed by atoms with E-state index in [4.69, 9.17) is 21.6 Å². The van der Waals surface area contributed by atoms with Gasteiger partial charge < -0.3 is 0 Å². The Labute approximate surface area is 149 Å². The summed E-state index contributed by atoms with van der Waals surface area (Å²) in [5, 5.41) is 1.67. The summed E-state index contributed by atoms with van der Waals surface area (Å²) in [7, 11) is 0. The minimum Gasteiger partial charge on any atom is -0.298 e. The second-order valence-corrected chi connectivity index (χ2v) is 6.61. The first-order valence-corrected chi connectivity index (χ1v) is 8.52. The van der Waals surface area contributed by atoms with Crippen LogP contribution in [-0.2, 0) is 0 Å². The van der Waals surface area contributed by atoms with E-state index in [1.165, 1.54) is 5.56 Å². The van der Waals surface area contributed by atoms with E-state index >= 15 is 0 Å². The van der Waals surface area contributed by atoms with Crippen LogP contribution in [0.4, 0.5) is 0 Å². The van der Waals surface area contributed by atoms with Gasteiger partial charge in [0.05, 0.1) is 16.7 Å². The highest BCUT2D eigenvalue weighted by atomic mass is 35.5. The van der Waals surface area contributed by atoms with Gasteiger partial charge in [-0.25, -0.2) is 9.97 Å². The Balaban J connectivity index is 2.06. The number of hydrogen-bond donors (Lipinski definition) is 0. The Kier molecular flexibility index (Phi) is 3.06. The number of fused-ring (bicyclic) bond motifs is 5. The number of aromatic nitrogens is 3. The van der Waals surface area contributed by atoms with Crippen molar-refractivity contribution in [3.8, 4) is 11.3 Å². The molecule has 0 aliphatic carbocycles. The molecule has 0 amide bonds. The Bertz CT molecular complexity index is 1270. The number of hydrogen-bond acceptors (Lipinski definition) is 2. The predicted molar refractivity (Wildman–Crippen MR) is 103 cm³/mol. The summed E-state index contributed by atoms with van der Waals surface area (Å²) in [5.74, 6) is 0. The fourth-order valence-electron chi connectivity index (χ4n) is 3.41. The van der Waals surface area contributed by atoms with E-state index in [2.05, 4.69) is 23.5 Å². The lowest BCUT2D eigenvalue weighted by atomic mass is 10.0. The average Bonchev–Trinajstić information content (AvgIpc) is 3.02. The van der Waals surface area contributed by atoms with Crippen molar-refractivity contribution in [3.63, 3.8) is 0 Å². The molecule has 0 bridgehead atoms. The molecule has 0 atom stereocenters. The van der Waals surface area contributed by atoms with Gasteiger partial charge in [0.15, 0.2) is 0 Å². The van der Waals surface area contributed by atoms with Crippen LogP contribution in [0.1, 0.15) is 5.56 Å². The molecule has 0 N–H and O–H groups in total.